The third-order valence-corrected chi connectivity index (χ3v) is 4.05. The van der Waals surface area contributed by atoms with Crippen molar-refractivity contribution in [2.45, 2.75) is 19.8 Å². The average molecular weight is 347 g/mol. The van der Waals surface area contributed by atoms with Gasteiger partial charge in [-0.3, -0.25) is 4.79 Å². The number of aryl methyl sites for hydroxylation is 2. The fraction of sp³-hybridized carbons (Fsp3) is 0.190. The molecule has 0 saturated heterocycles. The van der Waals surface area contributed by atoms with Crippen LogP contribution in [0.5, 0.6) is 5.75 Å². The van der Waals surface area contributed by atoms with E-state index in [-0.39, 0.29) is 5.91 Å². The number of hydrogen-bond acceptors (Lipinski definition) is 4. The van der Waals surface area contributed by atoms with E-state index in [1.54, 1.807) is 19.5 Å². The van der Waals surface area contributed by atoms with Crippen LogP contribution in [0.4, 0.5) is 5.69 Å². The third kappa shape index (κ3) is 4.66. The molecule has 0 aliphatic carbocycles. The summed E-state index contributed by atoms with van der Waals surface area (Å²) in [6, 6.07) is 15.7. The minimum Gasteiger partial charge on any atom is -0.497 e. The molecule has 0 fully saturated rings. The van der Waals surface area contributed by atoms with Gasteiger partial charge in [0.05, 0.1) is 25.2 Å². The predicted molar refractivity (Wildman–Crippen MR) is 102 cm³/mol. The monoisotopic (exact) mass is 347 g/mol. The molecule has 0 radical (unpaired) electrons. The summed E-state index contributed by atoms with van der Waals surface area (Å²) in [7, 11) is 1.63. The van der Waals surface area contributed by atoms with Crippen LogP contribution >= 0.6 is 0 Å². The highest BCUT2D eigenvalue weighted by atomic mass is 16.5. The number of aromatic nitrogens is 2. The van der Waals surface area contributed by atoms with Crippen LogP contribution in [-0.4, -0.2) is 23.0 Å². The van der Waals surface area contributed by atoms with Gasteiger partial charge >= 0.3 is 0 Å². The second-order valence-corrected chi connectivity index (χ2v) is 6.06. The van der Waals surface area contributed by atoms with E-state index in [0.29, 0.717) is 24.4 Å². The Labute approximate surface area is 153 Å². The summed E-state index contributed by atoms with van der Waals surface area (Å²) in [6.07, 6.45) is 4.32. The van der Waals surface area contributed by atoms with Gasteiger partial charge in [-0.05, 0) is 31.0 Å². The predicted octanol–water partition coefficient (Wildman–Crippen LogP) is 4.03. The average Bonchev–Trinajstić information content (AvgIpc) is 2.68. The van der Waals surface area contributed by atoms with Gasteiger partial charge in [0.2, 0.25) is 5.91 Å². The van der Waals surface area contributed by atoms with Gasteiger partial charge in [-0.2, -0.15) is 0 Å². The number of amides is 1. The van der Waals surface area contributed by atoms with E-state index in [2.05, 4.69) is 15.3 Å². The number of carbonyl (C=O) groups excluding carboxylic acids is 1. The summed E-state index contributed by atoms with van der Waals surface area (Å²) in [5.41, 5.74) is 3.83. The SMILES string of the molecule is COc1ccc(CCC(=O)Nc2cnc(-c3ccc(C)cc3)nc2)cc1. The Balaban J connectivity index is 1.54. The smallest absolute Gasteiger partial charge is 0.224 e. The van der Waals surface area contributed by atoms with Crippen LogP contribution in [0, 0.1) is 6.92 Å². The maximum absolute atomic E-state index is 12.1. The summed E-state index contributed by atoms with van der Waals surface area (Å²) in [6.45, 7) is 2.04. The standard InChI is InChI=1S/C21H21N3O2/c1-15-3-8-17(9-4-15)21-22-13-18(14-23-21)24-20(25)12-7-16-5-10-19(26-2)11-6-16/h3-6,8-11,13-14H,7,12H2,1-2H3,(H,24,25). The molecule has 0 aliphatic heterocycles. The van der Waals surface area contributed by atoms with Crippen molar-refractivity contribution in [3.63, 3.8) is 0 Å². The first kappa shape index (κ1) is 17.6. The number of anilines is 1. The van der Waals surface area contributed by atoms with Gasteiger partial charge in [0, 0.05) is 12.0 Å². The Bertz CT molecular complexity index is 857. The second-order valence-electron chi connectivity index (χ2n) is 6.06. The third-order valence-electron chi connectivity index (χ3n) is 4.05. The molecule has 0 saturated carbocycles. The Morgan fingerprint density at radius 3 is 2.27 bits per heavy atom. The van der Waals surface area contributed by atoms with Crippen molar-refractivity contribution in [3.05, 3.63) is 72.1 Å². The summed E-state index contributed by atoms with van der Waals surface area (Å²) < 4.78 is 5.13. The first-order valence-corrected chi connectivity index (χ1v) is 8.46. The lowest BCUT2D eigenvalue weighted by Crippen LogP contribution is -2.12. The quantitative estimate of drug-likeness (QED) is 0.731. The van der Waals surface area contributed by atoms with Crippen molar-refractivity contribution in [3.8, 4) is 17.1 Å². The van der Waals surface area contributed by atoms with Crippen LogP contribution in [0.2, 0.25) is 0 Å². The van der Waals surface area contributed by atoms with Gasteiger partial charge < -0.3 is 10.1 Å². The second kappa shape index (κ2) is 8.25. The first-order valence-electron chi connectivity index (χ1n) is 8.46. The maximum Gasteiger partial charge on any atom is 0.224 e. The molecule has 1 aromatic heterocycles. The van der Waals surface area contributed by atoms with Crippen molar-refractivity contribution in [1.29, 1.82) is 0 Å². The Kier molecular flexibility index (Phi) is 5.59. The minimum atomic E-state index is -0.0625. The molecule has 132 valence electrons. The van der Waals surface area contributed by atoms with Crippen LogP contribution in [0.1, 0.15) is 17.5 Å². The van der Waals surface area contributed by atoms with Crippen molar-refractivity contribution in [2.75, 3.05) is 12.4 Å². The largest absolute Gasteiger partial charge is 0.497 e. The summed E-state index contributed by atoms with van der Waals surface area (Å²) in [5.74, 6) is 1.39. The molecule has 1 amide bonds. The van der Waals surface area contributed by atoms with Gasteiger partial charge in [0.1, 0.15) is 5.75 Å². The number of ether oxygens (including phenoxy) is 1. The molecule has 5 nitrogen and oxygen atoms in total. The molecule has 2 aromatic carbocycles. The molecule has 0 aliphatic rings. The van der Waals surface area contributed by atoms with E-state index in [0.717, 1.165) is 16.9 Å². The fourth-order valence-corrected chi connectivity index (χ4v) is 2.52. The molecule has 1 N–H and O–H groups in total. The molecule has 0 bridgehead atoms. The first-order chi connectivity index (χ1) is 12.6. The molecule has 0 spiro atoms. The normalized spacial score (nSPS) is 10.4. The van der Waals surface area contributed by atoms with Gasteiger partial charge in [0.15, 0.2) is 5.82 Å². The van der Waals surface area contributed by atoms with Crippen LogP contribution in [0.15, 0.2) is 60.9 Å². The summed E-state index contributed by atoms with van der Waals surface area (Å²) >= 11 is 0. The summed E-state index contributed by atoms with van der Waals surface area (Å²) in [5, 5.41) is 2.83. The number of nitrogens with one attached hydrogen (secondary N) is 1. The zero-order valence-electron chi connectivity index (χ0n) is 14.9. The molecule has 3 rings (SSSR count). The van der Waals surface area contributed by atoms with E-state index < -0.39 is 0 Å². The molecule has 5 heteroatoms. The molecule has 0 atom stereocenters. The highest BCUT2D eigenvalue weighted by Crippen LogP contribution is 2.17. The van der Waals surface area contributed by atoms with E-state index in [1.807, 2.05) is 55.5 Å². The Hall–Kier alpha value is -3.21. The number of benzene rings is 2. The number of methoxy groups -OCH3 is 1. The van der Waals surface area contributed by atoms with E-state index >= 15 is 0 Å². The molecular formula is C21H21N3O2. The fourth-order valence-electron chi connectivity index (χ4n) is 2.52. The Morgan fingerprint density at radius 2 is 1.65 bits per heavy atom. The van der Waals surface area contributed by atoms with E-state index in [9.17, 15) is 4.79 Å². The number of nitrogens with zero attached hydrogens (tertiary/aromatic N) is 2. The lowest BCUT2D eigenvalue weighted by Gasteiger charge is -2.06. The highest BCUT2D eigenvalue weighted by Gasteiger charge is 2.06. The Morgan fingerprint density at radius 1 is 1.00 bits per heavy atom. The van der Waals surface area contributed by atoms with E-state index in [1.165, 1.54) is 5.56 Å². The minimum absolute atomic E-state index is 0.0625. The van der Waals surface area contributed by atoms with Crippen molar-refractivity contribution in [2.24, 2.45) is 0 Å². The molecule has 3 aromatic rings. The topological polar surface area (TPSA) is 64.1 Å². The number of hydrogen-bond donors (Lipinski definition) is 1. The number of rotatable bonds is 6. The maximum atomic E-state index is 12.1. The van der Waals surface area contributed by atoms with Gasteiger partial charge in [-0.15, -0.1) is 0 Å². The van der Waals surface area contributed by atoms with Crippen molar-refractivity contribution in [1.82, 2.24) is 9.97 Å². The number of carbonyl (C=O) groups is 1. The van der Waals surface area contributed by atoms with Gasteiger partial charge in [-0.1, -0.05) is 42.0 Å². The molecular weight excluding hydrogens is 326 g/mol. The van der Waals surface area contributed by atoms with Crippen LogP contribution in [-0.2, 0) is 11.2 Å². The van der Waals surface area contributed by atoms with Gasteiger partial charge in [-0.25, -0.2) is 9.97 Å². The lowest BCUT2D eigenvalue weighted by atomic mass is 10.1. The highest BCUT2D eigenvalue weighted by molar-refractivity contribution is 5.90. The molecule has 26 heavy (non-hydrogen) atoms. The van der Waals surface area contributed by atoms with Crippen LogP contribution < -0.4 is 10.1 Å². The summed E-state index contributed by atoms with van der Waals surface area (Å²) in [4.78, 5) is 20.8. The van der Waals surface area contributed by atoms with Crippen molar-refractivity contribution >= 4 is 11.6 Å². The van der Waals surface area contributed by atoms with Gasteiger partial charge in [0.25, 0.3) is 0 Å². The van der Waals surface area contributed by atoms with E-state index in [4.69, 9.17) is 4.74 Å². The van der Waals surface area contributed by atoms with Crippen LogP contribution in [0.3, 0.4) is 0 Å². The zero-order valence-corrected chi connectivity index (χ0v) is 14.9. The van der Waals surface area contributed by atoms with Crippen LogP contribution in [0.25, 0.3) is 11.4 Å². The molecule has 0 unspecified atom stereocenters. The van der Waals surface area contributed by atoms with Crippen molar-refractivity contribution < 1.29 is 9.53 Å². The molecule has 1 heterocycles. The lowest BCUT2D eigenvalue weighted by molar-refractivity contribution is -0.116. The zero-order chi connectivity index (χ0) is 18.4.